The lowest BCUT2D eigenvalue weighted by Crippen LogP contribution is -2.13. The van der Waals surface area contributed by atoms with Crippen LogP contribution < -0.4 is 0 Å². The van der Waals surface area contributed by atoms with Gasteiger partial charge in [-0.25, -0.2) is 4.99 Å². The highest BCUT2D eigenvalue weighted by Crippen LogP contribution is 2.23. The van der Waals surface area contributed by atoms with E-state index in [1.807, 2.05) is 18.3 Å². The number of rotatable bonds is 2. The minimum atomic E-state index is 0.290. The van der Waals surface area contributed by atoms with Gasteiger partial charge in [-0.1, -0.05) is 32.0 Å². The average molecular weight is 228 g/mol. The van der Waals surface area contributed by atoms with Crippen LogP contribution in [0.3, 0.4) is 0 Å². The molecule has 3 rings (SSSR count). The van der Waals surface area contributed by atoms with E-state index in [-0.39, 0.29) is 0 Å². The van der Waals surface area contributed by atoms with Gasteiger partial charge in [0.25, 0.3) is 0 Å². The van der Waals surface area contributed by atoms with Crippen LogP contribution >= 0.6 is 0 Å². The predicted molar refractivity (Wildman–Crippen MR) is 69.4 cm³/mol. The zero-order valence-corrected chi connectivity index (χ0v) is 10.1. The monoisotopic (exact) mass is 228 g/mol. The lowest BCUT2D eigenvalue weighted by Gasteiger charge is -2.06. The molecule has 1 aliphatic rings. The number of hydrogen-bond donors (Lipinski definition) is 1. The first-order valence-corrected chi connectivity index (χ1v) is 6.03. The maximum atomic E-state index is 5.71. The number of aliphatic imine (C=N–C) groups is 1. The highest BCUT2D eigenvalue weighted by atomic mass is 16.5. The van der Waals surface area contributed by atoms with Crippen molar-refractivity contribution in [1.29, 1.82) is 0 Å². The molecule has 0 saturated heterocycles. The SMILES string of the molecule is CC(C)[C@@H]1COC(c2c[nH]c3ccccc23)=N1. The Morgan fingerprint density at radius 2 is 2.18 bits per heavy atom. The Hall–Kier alpha value is -1.77. The predicted octanol–water partition coefficient (Wildman–Crippen LogP) is 2.97. The lowest BCUT2D eigenvalue weighted by molar-refractivity contribution is 0.292. The number of aromatic amines is 1. The third-order valence-electron chi connectivity index (χ3n) is 3.26. The van der Waals surface area contributed by atoms with E-state index in [2.05, 4.69) is 36.0 Å². The summed E-state index contributed by atoms with van der Waals surface area (Å²) in [7, 11) is 0. The number of fused-ring (bicyclic) bond motifs is 1. The number of nitrogens with one attached hydrogen (secondary N) is 1. The van der Waals surface area contributed by atoms with Gasteiger partial charge >= 0.3 is 0 Å². The third-order valence-corrected chi connectivity index (χ3v) is 3.26. The minimum absolute atomic E-state index is 0.290. The summed E-state index contributed by atoms with van der Waals surface area (Å²) in [6.45, 7) is 5.05. The molecule has 1 aliphatic heterocycles. The van der Waals surface area contributed by atoms with Gasteiger partial charge in [0, 0.05) is 17.1 Å². The molecule has 0 fully saturated rings. The van der Waals surface area contributed by atoms with Crippen molar-refractivity contribution in [2.75, 3.05) is 6.61 Å². The number of benzene rings is 1. The van der Waals surface area contributed by atoms with E-state index in [0.717, 1.165) is 17.0 Å². The number of ether oxygens (including phenoxy) is 1. The first-order chi connectivity index (χ1) is 8.25. The second-order valence-electron chi connectivity index (χ2n) is 4.80. The minimum Gasteiger partial charge on any atom is -0.475 e. The maximum absolute atomic E-state index is 5.71. The molecule has 0 radical (unpaired) electrons. The van der Waals surface area contributed by atoms with Crippen LogP contribution in [0, 0.1) is 5.92 Å². The smallest absolute Gasteiger partial charge is 0.218 e. The van der Waals surface area contributed by atoms with Gasteiger partial charge in [0.05, 0.1) is 11.6 Å². The Morgan fingerprint density at radius 1 is 1.35 bits per heavy atom. The van der Waals surface area contributed by atoms with Gasteiger partial charge < -0.3 is 9.72 Å². The molecular weight excluding hydrogens is 212 g/mol. The van der Waals surface area contributed by atoms with Gasteiger partial charge in [-0.15, -0.1) is 0 Å². The molecule has 2 aromatic rings. The maximum Gasteiger partial charge on any atom is 0.218 e. The van der Waals surface area contributed by atoms with Crippen molar-refractivity contribution in [3.05, 3.63) is 36.0 Å². The average Bonchev–Trinajstić information content (AvgIpc) is 2.95. The van der Waals surface area contributed by atoms with E-state index in [1.54, 1.807) is 0 Å². The fourth-order valence-corrected chi connectivity index (χ4v) is 2.13. The van der Waals surface area contributed by atoms with E-state index in [0.29, 0.717) is 18.6 Å². The molecule has 0 spiro atoms. The number of aromatic nitrogens is 1. The van der Waals surface area contributed by atoms with Crippen LogP contribution in [0.5, 0.6) is 0 Å². The Morgan fingerprint density at radius 3 is 2.94 bits per heavy atom. The fraction of sp³-hybridized carbons (Fsp3) is 0.357. The standard InChI is InChI=1S/C14H16N2O/c1-9(2)13-8-17-14(16-13)11-7-15-12-6-4-3-5-10(11)12/h3-7,9,13,15H,8H2,1-2H3/t13-/m0/s1. The molecule has 0 saturated carbocycles. The van der Waals surface area contributed by atoms with Crippen LogP contribution in [0.2, 0.25) is 0 Å². The van der Waals surface area contributed by atoms with E-state index in [1.165, 1.54) is 5.39 Å². The molecule has 3 heteroatoms. The summed E-state index contributed by atoms with van der Waals surface area (Å²) >= 11 is 0. The van der Waals surface area contributed by atoms with Crippen molar-refractivity contribution in [3.63, 3.8) is 0 Å². The number of hydrogen-bond acceptors (Lipinski definition) is 2. The summed E-state index contributed by atoms with van der Waals surface area (Å²) in [4.78, 5) is 7.90. The van der Waals surface area contributed by atoms with Gasteiger partial charge in [0.1, 0.15) is 6.61 Å². The third kappa shape index (κ3) is 1.71. The van der Waals surface area contributed by atoms with E-state index in [4.69, 9.17) is 4.74 Å². The lowest BCUT2D eigenvalue weighted by atomic mass is 10.1. The molecule has 3 nitrogen and oxygen atoms in total. The Bertz CT molecular complexity index is 568. The van der Waals surface area contributed by atoms with Gasteiger partial charge in [-0.2, -0.15) is 0 Å². The first-order valence-electron chi connectivity index (χ1n) is 6.03. The Kier molecular flexibility index (Phi) is 2.39. The molecule has 1 N–H and O–H groups in total. The van der Waals surface area contributed by atoms with E-state index in [9.17, 15) is 0 Å². The molecule has 0 aliphatic carbocycles. The summed E-state index contributed by atoms with van der Waals surface area (Å²) in [5.74, 6) is 1.30. The van der Waals surface area contributed by atoms with Crippen molar-refractivity contribution in [1.82, 2.24) is 4.98 Å². The highest BCUT2D eigenvalue weighted by Gasteiger charge is 2.24. The van der Waals surface area contributed by atoms with Crippen molar-refractivity contribution >= 4 is 16.8 Å². The Labute approximate surface area is 101 Å². The van der Waals surface area contributed by atoms with Crippen LogP contribution in [0.15, 0.2) is 35.5 Å². The largest absolute Gasteiger partial charge is 0.475 e. The normalized spacial score (nSPS) is 19.7. The zero-order valence-electron chi connectivity index (χ0n) is 10.1. The molecule has 0 unspecified atom stereocenters. The van der Waals surface area contributed by atoms with Crippen LogP contribution in [-0.4, -0.2) is 23.5 Å². The fourth-order valence-electron chi connectivity index (χ4n) is 2.13. The summed E-state index contributed by atoms with van der Waals surface area (Å²) in [5.41, 5.74) is 2.20. The topological polar surface area (TPSA) is 37.4 Å². The molecule has 88 valence electrons. The van der Waals surface area contributed by atoms with Crippen molar-refractivity contribution in [2.24, 2.45) is 10.9 Å². The van der Waals surface area contributed by atoms with Crippen molar-refractivity contribution in [2.45, 2.75) is 19.9 Å². The molecule has 17 heavy (non-hydrogen) atoms. The van der Waals surface area contributed by atoms with Crippen molar-refractivity contribution in [3.8, 4) is 0 Å². The van der Waals surface area contributed by atoms with Gasteiger partial charge in [-0.05, 0) is 12.0 Å². The number of nitrogens with zero attached hydrogens (tertiary/aromatic N) is 1. The van der Waals surface area contributed by atoms with Gasteiger partial charge in [-0.3, -0.25) is 0 Å². The summed E-state index contributed by atoms with van der Waals surface area (Å²) in [6, 6.07) is 8.51. The van der Waals surface area contributed by atoms with E-state index >= 15 is 0 Å². The number of para-hydroxylation sites is 1. The van der Waals surface area contributed by atoms with Crippen LogP contribution in [0.4, 0.5) is 0 Å². The molecule has 1 aromatic heterocycles. The highest BCUT2D eigenvalue weighted by molar-refractivity contribution is 6.07. The summed E-state index contributed by atoms with van der Waals surface area (Å²) in [6.07, 6.45) is 1.98. The molecule has 1 aromatic carbocycles. The molecule has 0 amide bonds. The Balaban J connectivity index is 2.03. The molecule has 0 bridgehead atoms. The molecular formula is C14H16N2O. The quantitative estimate of drug-likeness (QED) is 0.843. The summed E-state index contributed by atoms with van der Waals surface area (Å²) in [5, 5.41) is 1.18. The van der Waals surface area contributed by atoms with Crippen LogP contribution in [0.25, 0.3) is 10.9 Å². The zero-order chi connectivity index (χ0) is 11.8. The van der Waals surface area contributed by atoms with Gasteiger partial charge in [0.15, 0.2) is 0 Å². The van der Waals surface area contributed by atoms with Crippen LogP contribution in [0.1, 0.15) is 19.4 Å². The van der Waals surface area contributed by atoms with Crippen LogP contribution in [-0.2, 0) is 4.74 Å². The first kappa shape index (κ1) is 10.4. The second-order valence-corrected chi connectivity index (χ2v) is 4.80. The summed E-state index contributed by atoms with van der Waals surface area (Å²) < 4.78 is 5.71. The van der Waals surface area contributed by atoms with Crippen molar-refractivity contribution < 1.29 is 4.74 Å². The molecule has 2 heterocycles. The van der Waals surface area contributed by atoms with E-state index < -0.39 is 0 Å². The van der Waals surface area contributed by atoms with Gasteiger partial charge in [0.2, 0.25) is 5.90 Å². The molecule has 1 atom stereocenters. The second kappa shape index (κ2) is 3.91. The number of H-pyrrole nitrogens is 1.